The molecule has 82 valence electrons. The van der Waals surface area contributed by atoms with Crippen LogP contribution >= 0.6 is 11.6 Å². The first-order chi connectivity index (χ1) is 7.25. The Morgan fingerprint density at radius 2 is 2.47 bits per heavy atom. The van der Waals surface area contributed by atoms with Gasteiger partial charge in [-0.1, -0.05) is 17.7 Å². The second-order valence-electron chi connectivity index (χ2n) is 3.98. The summed E-state index contributed by atoms with van der Waals surface area (Å²) in [6.07, 6.45) is 0. The van der Waals surface area contributed by atoms with Crippen LogP contribution < -0.4 is 5.32 Å². The fourth-order valence-corrected chi connectivity index (χ4v) is 2.05. The first-order valence-electron chi connectivity index (χ1n) is 5.32. The predicted molar refractivity (Wildman–Crippen MR) is 62.0 cm³/mol. The molecule has 1 fully saturated rings. The van der Waals surface area contributed by atoms with Gasteiger partial charge in [0, 0.05) is 32.2 Å². The second kappa shape index (κ2) is 4.92. The van der Waals surface area contributed by atoms with Crippen LogP contribution in [0.3, 0.4) is 0 Å². The number of hydrogen-bond donors (Lipinski definition) is 1. The van der Waals surface area contributed by atoms with Crippen LogP contribution in [0.4, 0.5) is 0 Å². The number of hydrogen-bond acceptors (Lipinski definition) is 3. The molecule has 4 heteroatoms. The largest absolute Gasteiger partial charge is 0.314 e. The Morgan fingerprint density at radius 1 is 1.60 bits per heavy atom. The van der Waals surface area contributed by atoms with Gasteiger partial charge >= 0.3 is 0 Å². The van der Waals surface area contributed by atoms with Gasteiger partial charge in [0.05, 0.1) is 5.69 Å². The van der Waals surface area contributed by atoms with Crippen molar-refractivity contribution in [2.75, 3.05) is 19.6 Å². The Balaban J connectivity index is 2.01. The number of halogens is 1. The average Bonchev–Trinajstić information content (AvgIpc) is 2.22. The summed E-state index contributed by atoms with van der Waals surface area (Å²) in [5.41, 5.74) is 1.05. The highest BCUT2D eigenvalue weighted by molar-refractivity contribution is 6.29. The zero-order valence-electron chi connectivity index (χ0n) is 8.91. The molecule has 0 aromatic carbocycles. The van der Waals surface area contributed by atoms with Gasteiger partial charge < -0.3 is 5.32 Å². The van der Waals surface area contributed by atoms with Gasteiger partial charge in [-0.05, 0) is 19.1 Å². The van der Waals surface area contributed by atoms with Crippen molar-refractivity contribution < 1.29 is 0 Å². The number of aromatic nitrogens is 1. The minimum absolute atomic E-state index is 0.569. The van der Waals surface area contributed by atoms with E-state index in [0.29, 0.717) is 11.2 Å². The van der Waals surface area contributed by atoms with E-state index in [9.17, 15) is 0 Å². The highest BCUT2D eigenvalue weighted by Crippen LogP contribution is 2.10. The SMILES string of the molecule is C[C@@H]1CNCCN1Cc1cccc(Cl)n1. The fourth-order valence-electron chi connectivity index (χ4n) is 1.86. The van der Waals surface area contributed by atoms with Crippen LogP contribution in [0, 0.1) is 0 Å². The van der Waals surface area contributed by atoms with E-state index < -0.39 is 0 Å². The molecule has 0 amide bonds. The summed E-state index contributed by atoms with van der Waals surface area (Å²) in [4.78, 5) is 6.73. The molecule has 1 saturated heterocycles. The molecular weight excluding hydrogens is 210 g/mol. The number of nitrogens with zero attached hydrogens (tertiary/aromatic N) is 2. The van der Waals surface area contributed by atoms with Crippen molar-refractivity contribution in [3.63, 3.8) is 0 Å². The zero-order valence-corrected chi connectivity index (χ0v) is 9.67. The van der Waals surface area contributed by atoms with E-state index in [-0.39, 0.29) is 0 Å². The molecule has 3 nitrogen and oxygen atoms in total. The average molecular weight is 226 g/mol. The van der Waals surface area contributed by atoms with Crippen molar-refractivity contribution in [2.24, 2.45) is 0 Å². The summed E-state index contributed by atoms with van der Waals surface area (Å²) < 4.78 is 0. The van der Waals surface area contributed by atoms with Crippen LogP contribution in [0.2, 0.25) is 5.15 Å². The number of pyridine rings is 1. The molecule has 1 aliphatic rings. The van der Waals surface area contributed by atoms with Gasteiger partial charge in [0.25, 0.3) is 0 Å². The van der Waals surface area contributed by atoms with Crippen molar-refractivity contribution in [3.8, 4) is 0 Å². The molecule has 1 aromatic heterocycles. The smallest absolute Gasteiger partial charge is 0.129 e. The molecule has 1 aliphatic heterocycles. The highest BCUT2D eigenvalue weighted by atomic mass is 35.5. The Morgan fingerprint density at radius 3 is 3.20 bits per heavy atom. The van der Waals surface area contributed by atoms with Crippen molar-refractivity contribution in [3.05, 3.63) is 29.0 Å². The van der Waals surface area contributed by atoms with E-state index in [4.69, 9.17) is 11.6 Å². The van der Waals surface area contributed by atoms with Gasteiger partial charge in [-0.2, -0.15) is 0 Å². The normalized spacial score (nSPS) is 22.9. The first kappa shape index (κ1) is 10.9. The van der Waals surface area contributed by atoms with Crippen molar-refractivity contribution in [2.45, 2.75) is 19.5 Å². The second-order valence-corrected chi connectivity index (χ2v) is 4.36. The lowest BCUT2D eigenvalue weighted by Crippen LogP contribution is -2.49. The van der Waals surface area contributed by atoms with Crippen LogP contribution in [0.15, 0.2) is 18.2 Å². The molecule has 1 N–H and O–H groups in total. The molecule has 1 atom stereocenters. The summed E-state index contributed by atoms with van der Waals surface area (Å²) >= 11 is 5.86. The van der Waals surface area contributed by atoms with E-state index in [2.05, 4.69) is 22.1 Å². The number of rotatable bonds is 2. The first-order valence-corrected chi connectivity index (χ1v) is 5.70. The number of piperazine rings is 1. The predicted octanol–water partition coefficient (Wildman–Crippen LogP) is 1.53. The summed E-state index contributed by atoms with van der Waals surface area (Å²) in [6, 6.07) is 6.37. The standard InChI is InChI=1S/C11H16ClN3/c1-9-7-13-5-6-15(9)8-10-3-2-4-11(12)14-10/h2-4,9,13H,5-8H2,1H3/t9-/m1/s1. The van der Waals surface area contributed by atoms with Crippen molar-refractivity contribution in [1.82, 2.24) is 15.2 Å². The van der Waals surface area contributed by atoms with Crippen LogP contribution in [0.1, 0.15) is 12.6 Å². The minimum Gasteiger partial charge on any atom is -0.314 e. The Hall–Kier alpha value is -0.640. The van der Waals surface area contributed by atoms with Crippen molar-refractivity contribution in [1.29, 1.82) is 0 Å². The van der Waals surface area contributed by atoms with Gasteiger partial charge in [0.2, 0.25) is 0 Å². The third-order valence-corrected chi connectivity index (χ3v) is 2.99. The van der Waals surface area contributed by atoms with Crippen LogP contribution in [-0.4, -0.2) is 35.6 Å². The van der Waals surface area contributed by atoms with Crippen LogP contribution in [0.5, 0.6) is 0 Å². The molecule has 1 aromatic rings. The summed E-state index contributed by atoms with van der Waals surface area (Å²) in [7, 11) is 0. The summed E-state index contributed by atoms with van der Waals surface area (Å²) in [6.45, 7) is 6.32. The lowest BCUT2D eigenvalue weighted by Gasteiger charge is -2.33. The third-order valence-electron chi connectivity index (χ3n) is 2.78. The molecule has 0 spiro atoms. The highest BCUT2D eigenvalue weighted by Gasteiger charge is 2.17. The fraction of sp³-hybridized carbons (Fsp3) is 0.545. The lowest BCUT2D eigenvalue weighted by atomic mass is 10.2. The van der Waals surface area contributed by atoms with E-state index in [0.717, 1.165) is 31.9 Å². The Kier molecular flexibility index (Phi) is 3.57. The Labute approximate surface area is 95.4 Å². The topological polar surface area (TPSA) is 28.2 Å². The lowest BCUT2D eigenvalue weighted by molar-refractivity contribution is 0.164. The number of nitrogens with one attached hydrogen (secondary N) is 1. The quantitative estimate of drug-likeness (QED) is 0.774. The molecule has 2 heterocycles. The molecule has 0 saturated carbocycles. The molecule has 0 bridgehead atoms. The van der Waals surface area contributed by atoms with E-state index >= 15 is 0 Å². The molecule has 0 aliphatic carbocycles. The molecule has 2 rings (SSSR count). The van der Waals surface area contributed by atoms with E-state index in [1.165, 1.54) is 0 Å². The zero-order chi connectivity index (χ0) is 10.7. The summed E-state index contributed by atoms with van der Waals surface area (Å²) in [5.74, 6) is 0. The van der Waals surface area contributed by atoms with Gasteiger partial charge in [-0.15, -0.1) is 0 Å². The Bertz CT molecular complexity index is 329. The maximum absolute atomic E-state index is 5.86. The van der Waals surface area contributed by atoms with Crippen molar-refractivity contribution >= 4 is 11.6 Å². The van der Waals surface area contributed by atoms with E-state index in [1.807, 2.05) is 18.2 Å². The van der Waals surface area contributed by atoms with Gasteiger partial charge in [0.15, 0.2) is 0 Å². The maximum Gasteiger partial charge on any atom is 0.129 e. The molecule has 0 unspecified atom stereocenters. The third kappa shape index (κ3) is 2.91. The summed E-state index contributed by atoms with van der Waals surface area (Å²) in [5, 5.41) is 3.95. The van der Waals surface area contributed by atoms with Gasteiger partial charge in [-0.25, -0.2) is 4.98 Å². The van der Waals surface area contributed by atoms with Gasteiger partial charge in [-0.3, -0.25) is 4.90 Å². The molecule has 0 radical (unpaired) electrons. The van der Waals surface area contributed by atoms with Crippen LogP contribution in [-0.2, 0) is 6.54 Å². The maximum atomic E-state index is 5.86. The van der Waals surface area contributed by atoms with Gasteiger partial charge in [0.1, 0.15) is 5.15 Å². The van der Waals surface area contributed by atoms with E-state index in [1.54, 1.807) is 0 Å². The molecular formula is C11H16ClN3. The molecule has 15 heavy (non-hydrogen) atoms. The minimum atomic E-state index is 0.569. The monoisotopic (exact) mass is 225 g/mol. The van der Waals surface area contributed by atoms with Crippen LogP contribution in [0.25, 0.3) is 0 Å².